The van der Waals surface area contributed by atoms with Crippen LogP contribution in [0.25, 0.3) is 6.08 Å². The number of Topliss-reactive ketones (excluding diaryl/α,β-unsaturated/α-hetero) is 1. The molecule has 0 saturated carbocycles. The molecule has 0 atom stereocenters. The predicted molar refractivity (Wildman–Crippen MR) is 127 cm³/mol. The van der Waals surface area contributed by atoms with Crippen LogP contribution in [0.2, 0.25) is 0 Å². The van der Waals surface area contributed by atoms with Gasteiger partial charge in [0.25, 0.3) is 5.91 Å². The fourth-order valence-corrected chi connectivity index (χ4v) is 2.63. The topological polar surface area (TPSA) is 75.3 Å². The van der Waals surface area contributed by atoms with Crippen LogP contribution in [0.15, 0.2) is 78.9 Å². The lowest BCUT2D eigenvalue weighted by Crippen LogP contribution is -2.11. The van der Waals surface area contributed by atoms with Crippen molar-refractivity contribution in [1.82, 2.24) is 0 Å². The van der Waals surface area contributed by atoms with E-state index in [4.69, 9.17) is 0 Å². The zero-order chi connectivity index (χ0) is 22.8. The summed E-state index contributed by atoms with van der Waals surface area (Å²) in [5.74, 6) is -0.280. The van der Waals surface area contributed by atoms with Crippen LogP contribution in [-0.4, -0.2) is 24.0 Å². The van der Waals surface area contributed by atoms with Gasteiger partial charge in [0.05, 0.1) is 0 Å². The molecule has 0 aliphatic rings. The van der Waals surface area contributed by atoms with Crippen molar-refractivity contribution in [3.8, 4) is 0 Å². The first-order valence-corrected chi connectivity index (χ1v) is 10.1. The molecule has 0 radical (unpaired) electrons. The number of carbonyl (C=O) groups excluding carboxylic acids is 3. The Kier molecular flexibility index (Phi) is 8.70. The molecule has 0 spiro atoms. The molecule has 0 aromatic heterocycles. The van der Waals surface area contributed by atoms with Crippen molar-refractivity contribution in [2.24, 2.45) is 0 Å². The Bertz CT molecular complexity index is 1000. The van der Waals surface area contributed by atoms with Gasteiger partial charge in [0.1, 0.15) is 0 Å². The number of hydrogen-bond donors (Lipinski definition) is 2. The van der Waals surface area contributed by atoms with Gasteiger partial charge in [0, 0.05) is 35.5 Å². The molecule has 0 saturated heterocycles. The van der Waals surface area contributed by atoms with E-state index in [0.717, 1.165) is 17.7 Å². The molecule has 0 unspecified atom stereocenters. The highest BCUT2D eigenvalue weighted by atomic mass is 16.1. The minimum absolute atomic E-state index is 0.0956. The van der Waals surface area contributed by atoms with Gasteiger partial charge in [0.2, 0.25) is 0 Å². The normalized spacial score (nSPS) is 10.5. The Hall–Kier alpha value is -3.73. The zero-order valence-electron chi connectivity index (χ0n) is 18.0. The van der Waals surface area contributed by atoms with Crippen LogP contribution in [-0.2, 0) is 9.59 Å². The fraction of sp³-hybridized carbons (Fsp3) is 0.192. The van der Waals surface area contributed by atoms with E-state index in [1.54, 1.807) is 44.2 Å². The first kappa shape index (κ1) is 23.5. The molecule has 31 heavy (non-hydrogen) atoms. The highest BCUT2D eigenvalue weighted by Gasteiger charge is 2.05. The molecule has 0 aliphatic carbocycles. The third-order valence-electron chi connectivity index (χ3n) is 4.54. The Balaban J connectivity index is 1.85. The van der Waals surface area contributed by atoms with Crippen molar-refractivity contribution in [2.45, 2.75) is 26.7 Å². The standard InChI is InChI=1S/C26H28N2O3/c1-18(2)24(29)6-5-17-27-22-12-7-20(8-13-22)9-16-25(30)21-10-14-23(15-11-21)28-26(31)19(3)4/h7-16,27H,1,3,5-6,17H2,2,4H3,(H,28,31)/b16-9+. The number of amides is 1. The maximum absolute atomic E-state index is 12.4. The molecular weight excluding hydrogens is 388 g/mol. The summed E-state index contributed by atoms with van der Waals surface area (Å²) in [6.07, 6.45) is 4.52. The van der Waals surface area contributed by atoms with E-state index < -0.39 is 0 Å². The van der Waals surface area contributed by atoms with Gasteiger partial charge in [0.15, 0.2) is 11.6 Å². The Morgan fingerprint density at radius 3 is 2.06 bits per heavy atom. The van der Waals surface area contributed by atoms with Gasteiger partial charge >= 0.3 is 0 Å². The summed E-state index contributed by atoms with van der Waals surface area (Å²) in [6.45, 7) is 11.3. The van der Waals surface area contributed by atoms with E-state index in [1.807, 2.05) is 24.3 Å². The molecule has 2 aromatic rings. The minimum Gasteiger partial charge on any atom is -0.385 e. The van der Waals surface area contributed by atoms with Gasteiger partial charge in [-0.25, -0.2) is 0 Å². The van der Waals surface area contributed by atoms with Gasteiger partial charge in [-0.1, -0.05) is 31.4 Å². The van der Waals surface area contributed by atoms with Crippen molar-refractivity contribution in [3.63, 3.8) is 0 Å². The molecule has 2 aromatic carbocycles. The molecular formula is C26H28N2O3. The van der Waals surface area contributed by atoms with E-state index in [9.17, 15) is 14.4 Å². The molecule has 160 valence electrons. The molecule has 2 N–H and O–H groups in total. The smallest absolute Gasteiger partial charge is 0.250 e. The molecule has 5 nitrogen and oxygen atoms in total. The Labute approximate surface area is 183 Å². The molecule has 2 rings (SSSR count). The number of anilines is 2. The number of nitrogens with one attached hydrogen (secondary N) is 2. The largest absolute Gasteiger partial charge is 0.385 e. The second-order valence-corrected chi connectivity index (χ2v) is 7.37. The Morgan fingerprint density at radius 1 is 0.871 bits per heavy atom. The van der Waals surface area contributed by atoms with E-state index in [0.29, 0.717) is 35.4 Å². The Morgan fingerprint density at radius 2 is 1.48 bits per heavy atom. The number of ketones is 2. The van der Waals surface area contributed by atoms with Crippen LogP contribution in [0.1, 0.15) is 42.6 Å². The molecule has 0 bridgehead atoms. The third-order valence-corrected chi connectivity index (χ3v) is 4.54. The van der Waals surface area contributed by atoms with Crippen LogP contribution in [0.3, 0.4) is 0 Å². The average molecular weight is 417 g/mol. The van der Waals surface area contributed by atoms with Crippen molar-refractivity contribution < 1.29 is 14.4 Å². The lowest BCUT2D eigenvalue weighted by Gasteiger charge is -2.06. The van der Waals surface area contributed by atoms with Gasteiger partial charge < -0.3 is 10.6 Å². The molecule has 1 amide bonds. The second-order valence-electron chi connectivity index (χ2n) is 7.37. The molecule has 0 aliphatic heterocycles. The third kappa shape index (κ3) is 7.90. The SMILES string of the molecule is C=C(C)C(=O)CCCNc1ccc(/C=C/C(=O)c2ccc(NC(=O)C(=C)C)cc2)cc1. The highest BCUT2D eigenvalue weighted by molar-refractivity contribution is 6.07. The van der Waals surface area contributed by atoms with Gasteiger partial charge in [-0.2, -0.15) is 0 Å². The molecule has 0 heterocycles. The van der Waals surface area contributed by atoms with Crippen LogP contribution in [0, 0.1) is 0 Å². The van der Waals surface area contributed by atoms with Crippen molar-refractivity contribution in [2.75, 3.05) is 17.2 Å². The average Bonchev–Trinajstić information content (AvgIpc) is 2.76. The first-order valence-electron chi connectivity index (χ1n) is 10.1. The quantitative estimate of drug-likeness (QED) is 0.291. The maximum atomic E-state index is 12.4. The summed E-state index contributed by atoms with van der Waals surface area (Å²) >= 11 is 0. The minimum atomic E-state index is -0.253. The van der Waals surface area contributed by atoms with E-state index in [2.05, 4.69) is 23.8 Å². The second kappa shape index (κ2) is 11.5. The van der Waals surface area contributed by atoms with Crippen molar-refractivity contribution >= 4 is 34.9 Å². The van der Waals surface area contributed by atoms with Gasteiger partial charge in [-0.05, 0) is 73.9 Å². The number of allylic oxidation sites excluding steroid dienone is 2. The number of rotatable bonds is 11. The lowest BCUT2D eigenvalue weighted by molar-refractivity contribution is -0.115. The van der Waals surface area contributed by atoms with Gasteiger partial charge in [-0.15, -0.1) is 0 Å². The van der Waals surface area contributed by atoms with E-state index in [-0.39, 0.29) is 17.5 Å². The summed E-state index contributed by atoms with van der Waals surface area (Å²) in [4.78, 5) is 35.5. The fourth-order valence-electron chi connectivity index (χ4n) is 2.63. The number of benzene rings is 2. The van der Waals surface area contributed by atoms with Crippen LogP contribution < -0.4 is 10.6 Å². The van der Waals surface area contributed by atoms with E-state index in [1.165, 1.54) is 6.08 Å². The summed E-state index contributed by atoms with van der Waals surface area (Å²) in [6, 6.07) is 14.4. The predicted octanol–water partition coefficient (Wildman–Crippen LogP) is 5.43. The highest BCUT2D eigenvalue weighted by Crippen LogP contribution is 2.14. The molecule has 0 fully saturated rings. The van der Waals surface area contributed by atoms with Crippen molar-refractivity contribution in [3.05, 3.63) is 90.0 Å². The van der Waals surface area contributed by atoms with Crippen LogP contribution in [0.5, 0.6) is 0 Å². The van der Waals surface area contributed by atoms with Crippen LogP contribution >= 0.6 is 0 Å². The van der Waals surface area contributed by atoms with Crippen LogP contribution in [0.4, 0.5) is 11.4 Å². The van der Waals surface area contributed by atoms with Gasteiger partial charge in [-0.3, -0.25) is 14.4 Å². The summed E-state index contributed by atoms with van der Waals surface area (Å²) in [5, 5.41) is 5.98. The lowest BCUT2D eigenvalue weighted by atomic mass is 10.1. The summed E-state index contributed by atoms with van der Waals surface area (Å²) in [5.41, 5.74) is 4.02. The summed E-state index contributed by atoms with van der Waals surface area (Å²) in [7, 11) is 0. The zero-order valence-corrected chi connectivity index (χ0v) is 18.0. The maximum Gasteiger partial charge on any atom is 0.250 e. The molecule has 5 heteroatoms. The van der Waals surface area contributed by atoms with E-state index >= 15 is 0 Å². The number of hydrogen-bond acceptors (Lipinski definition) is 4. The first-order chi connectivity index (χ1) is 14.8. The monoisotopic (exact) mass is 416 g/mol. The van der Waals surface area contributed by atoms with Crippen molar-refractivity contribution in [1.29, 1.82) is 0 Å². The summed E-state index contributed by atoms with van der Waals surface area (Å²) < 4.78 is 0. The number of carbonyl (C=O) groups is 3.